The first kappa shape index (κ1) is 13.6. The predicted octanol–water partition coefficient (Wildman–Crippen LogP) is 3.46. The van der Waals surface area contributed by atoms with Crippen molar-refractivity contribution in [1.82, 2.24) is 0 Å². The van der Waals surface area contributed by atoms with E-state index in [2.05, 4.69) is 0 Å². The van der Waals surface area contributed by atoms with E-state index in [4.69, 9.17) is 10.00 Å². The van der Waals surface area contributed by atoms with Crippen LogP contribution in [0.15, 0.2) is 54.6 Å². The van der Waals surface area contributed by atoms with Crippen molar-refractivity contribution in [3.05, 3.63) is 71.3 Å². The number of ketones is 1. The second-order valence-corrected chi connectivity index (χ2v) is 4.16. The molecule has 0 aliphatic carbocycles. The highest BCUT2D eigenvalue weighted by atomic mass is 16.5. The molecule has 0 aliphatic heterocycles. The first-order valence-electron chi connectivity index (χ1n) is 6.09. The highest BCUT2D eigenvalue weighted by Gasteiger charge is 2.01. The monoisotopic (exact) mass is 263 g/mol. The molecule has 0 saturated carbocycles. The van der Waals surface area contributed by atoms with Crippen molar-refractivity contribution in [2.45, 2.75) is 0 Å². The molecule has 20 heavy (non-hydrogen) atoms. The Bertz CT molecular complexity index is 662. The lowest BCUT2D eigenvalue weighted by atomic mass is 10.1. The zero-order chi connectivity index (χ0) is 14.4. The number of allylic oxidation sites excluding steroid dienone is 1. The number of hydrogen-bond acceptors (Lipinski definition) is 3. The third kappa shape index (κ3) is 3.33. The number of nitrogens with zero attached hydrogens (tertiary/aromatic N) is 1. The zero-order valence-corrected chi connectivity index (χ0v) is 11.0. The van der Waals surface area contributed by atoms with Gasteiger partial charge < -0.3 is 4.74 Å². The number of benzene rings is 2. The summed E-state index contributed by atoms with van der Waals surface area (Å²) in [6.07, 6.45) is 3.27. The molecule has 0 N–H and O–H groups in total. The Hall–Kier alpha value is -2.86. The second kappa shape index (κ2) is 6.35. The number of ether oxygens (including phenoxy) is 1. The van der Waals surface area contributed by atoms with E-state index in [9.17, 15) is 4.79 Å². The number of rotatable bonds is 4. The zero-order valence-electron chi connectivity index (χ0n) is 11.0. The summed E-state index contributed by atoms with van der Waals surface area (Å²) >= 11 is 0. The molecule has 3 heteroatoms. The third-order valence-electron chi connectivity index (χ3n) is 2.84. The van der Waals surface area contributed by atoms with E-state index in [0.29, 0.717) is 11.1 Å². The van der Waals surface area contributed by atoms with E-state index in [1.165, 1.54) is 6.08 Å². The topological polar surface area (TPSA) is 50.1 Å². The van der Waals surface area contributed by atoms with E-state index in [-0.39, 0.29) is 5.78 Å². The molecule has 0 bridgehead atoms. The van der Waals surface area contributed by atoms with Gasteiger partial charge in [0.05, 0.1) is 18.7 Å². The summed E-state index contributed by atoms with van der Waals surface area (Å²) in [5, 5.41) is 8.70. The predicted molar refractivity (Wildman–Crippen MR) is 77.5 cm³/mol. The van der Waals surface area contributed by atoms with E-state index in [0.717, 1.165) is 11.3 Å². The van der Waals surface area contributed by atoms with Crippen LogP contribution in [0.4, 0.5) is 0 Å². The molecule has 0 atom stereocenters. The summed E-state index contributed by atoms with van der Waals surface area (Å²) in [7, 11) is 1.61. The normalized spacial score (nSPS) is 10.2. The number of nitriles is 1. The van der Waals surface area contributed by atoms with Gasteiger partial charge in [-0.1, -0.05) is 18.2 Å². The minimum atomic E-state index is -0.0923. The van der Waals surface area contributed by atoms with Crippen molar-refractivity contribution >= 4 is 11.9 Å². The molecule has 2 aromatic rings. The fourth-order valence-electron chi connectivity index (χ4n) is 1.69. The molecule has 2 aromatic carbocycles. The molecule has 2 rings (SSSR count). The van der Waals surface area contributed by atoms with Crippen LogP contribution in [0.2, 0.25) is 0 Å². The Morgan fingerprint density at radius 1 is 1.10 bits per heavy atom. The molecule has 0 fully saturated rings. The SMILES string of the molecule is COc1ccc(/C=C/C(=O)c2ccc(C#N)cc2)cc1. The first-order valence-corrected chi connectivity index (χ1v) is 6.09. The van der Waals surface area contributed by atoms with Crippen LogP contribution in [0, 0.1) is 11.3 Å². The molecule has 0 spiro atoms. The highest BCUT2D eigenvalue weighted by molar-refractivity contribution is 6.06. The van der Waals surface area contributed by atoms with Gasteiger partial charge in [0, 0.05) is 5.56 Å². The van der Waals surface area contributed by atoms with Crippen molar-refractivity contribution in [1.29, 1.82) is 5.26 Å². The van der Waals surface area contributed by atoms with Crippen LogP contribution < -0.4 is 4.74 Å². The Morgan fingerprint density at radius 2 is 1.75 bits per heavy atom. The number of hydrogen-bond donors (Lipinski definition) is 0. The van der Waals surface area contributed by atoms with Gasteiger partial charge in [-0.2, -0.15) is 5.26 Å². The number of carbonyl (C=O) groups is 1. The van der Waals surface area contributed by atoms with Gasteiger partial charge in [-0.15, -0.1) is 0 Å². The lowest BCUT2D eigenvalue weighted by molar-refractivity contribution is 0.104. The summed E-state index contributed by atoms with van der Waals surface area (Å²) in [5.41, 5.74) is 2.03. The quantitative estimate of drug-likeness (QED) is 0.627. The average Bonchev–Trinajstić information content (AvgIpc) is 2.53. The molecule has 3 nitrogen and oxygen atoms in total. The molecule has 0 saturated heterocycles. The average molecular weight is 263 g/mol. The summed E-state index contributed by atoms with van der Waals surface area (Å²) in [6, 6.07) is 16.0. The molecule has 0 amide bonds. The van der Waals surface area contributed by atoms with Gasteiger partial charge in [0.2, 0.25) is 0 Å². The van der Waals surface area contributed by atoms with Gasteiger partial charge in [-0.3, -0.25) is 4.79 Å². The van der Waals surface area contributed by atoms with Gasteiger partial charge in [0.15, 0.2) is 5.78 Å². The molecule has 0 heterocycles. The Labute approximate surface area is 117 Å². The van der Waals surface area contributed by atoms with Gasteiger partial charge in [-0.25, -0.2) is 0 Å². The first-order chi connectivity index (χ1) is 9.72. The Kier molecular flexibility index (Phi) is 4.31. The van der Waals surface area contributed by atoms with Gasteiger partial charge in [0.1, 0.15) is 5.75 Å². The van der Waals surface area contributed by atoms with Gasteiger partial charge in [-0.05, 0) is 48.0 Å². The number of carbonyl (C=O) groups excluding carboxylic acids is 1. The van der Waals surface area contributed by atoms with Crippen LogP contribution in [0.25, 0.3) is 6.08 Å². The smallest absolute Gasteiger partial charge is 0.185 e. The fraction of sp³-hybridized carbons (Fsp3) is 0.0588. The molecule has 0 aliphatic rings. The van der Waals surface area contributed by atoms with E-state index >= 15 is 0 Å². The maximum Gasteiger partial charge on any atom is 0.185 e. The third-order valence-corrected chi connectivity index (χ3v) is 2.84. The van der Waals surface area contributed by atoms with Crippen LogP contribution in [-0.2, 0) is 0 Å². The Morgan fingerprint density at radius 3 is 2.30 bits per heavy atom. The van der Waals surface area contributed by atoms with Crippen LogP contribution in [0.5, 0.6) is 5.75 Å². The lowest BCUT2D eigenvalue weighted by Crippen LogP contribution is -1.93. The van der Waals surface area contributed by atoms with Crippen molar-refractivity contribution in [2.24, 2.45) is 0 Å². The van der Waals surface area contributed by atoms with E-state index in [1.807, 2.05) is 30.3 Å². The van der Waals surface area contributed by atoms with Crippen LogP contribution in [-0.4, -0.2) is 12.9 Å². The van der Waals surface area contributed by atoms with E-state index < -0.39 is 0 Å². The second-order valence-electron chi connectivity index (χ2n) is 4.16. The van der Waals surface area contributed by atoms with Crippen LogP contribution >= 0.6 is 0 Å². The summed E-state index contributed by atoms with van der Waals surface area (Å²) in [4.78, 5) is 11.9. The maximum absolute atomic E-state index is 11.9. The molecule has 0 aromatic heterocycles. The largest absolute Gasteiger partial charge is 0.497 e. The van der Waals surface area contributed by atoms with Gasteiger partial charge >= 0.3 is 0 Å². The van der Waals surface area contributed by atoms with Crippen molar-refractivity contribution in [3.8, 4) is 11.8 Å². The molecule has 98 valence electrons. The molecule has 0 unspecified atom stereocenters. The maximum atomic E-state index is 11.9. The molecule has 0 radical (unpaired) electrons. The van der Waals surface area contributed by atoms with Crippen molar-refractivity contribution in [3.63, 3.8) is 0 Å². The molecular weight excluding hydrogens is 250 g/mol. The fourth-order valence-corrected chi connectivity index (χ4v) is 1.69. The van der Waals surface area contributed by atoms with Crippen LogP contribution in [0.1, 0.15) is 21.5 Å². The lowest BCUT2D eigenvalue weighted by Gasteiger charge is -1.99. The van der Waals surface area contributed by atoms with Crippen molar-refractivity contribution in [2.75, 3.05) is 7.11 Å². The van der Waals surface area contributed by atoms with Crippen LogP contribution in [0.3, 0.4) is 0 Å². The summed E-state index contributed by atoms with van der Waals surface area (Å²) < 4.78 is 5.07. The minimum Gasteiger partial charge on any atom is -0.497 e. The summed E-state index contributed by atoms with van der Waals surface area (Å²) in [6.45, 7) is 0. The van der Waals surface area contributed by atoms with E-state index in [1.54, 1.807) is 37.5 Å². The standard InChI is InChI=1S/C17H13NO2/c1-20-16-9-4-13(5-10-16)6-11-17(19)15-7-2-14(12-18)3-8-15/h2-11H,1H3/b11-6+. The molecular formula is C17H13NO2. The van der Waals surface area contributed by atoms with Gasteiger partial charge in [0.25, 0.3) is 0 Å². The highest BCUT2D eigenvalue weighted by Crippen LogP contribution is 2.13. The Balaban J connectivity index is 2.09. The minimum absolute atomic E-state index is 0.0923. The van der Waals surface area contributed by atoms with Crippen molar-refractivity contribution < 1.29 is 9.53 Å². The number of methoxy groups -OCH3 is 1. The summed E-state index contributed by atoms with van der Waals surface area (Å²) in [5.74, 6) is 0.686.